The highest BCUT2D eigenvalue weighted by molar-refractivity contribution is 7.92. The topological polar surface area (TPSA) is 102 Å². The van der Waals surface area contributed by atoms with Gasteiger partial charge in [-0.1, -0.05) is 24.3 Å². The summed E-state index contributed by atoms with van der Waals surface area (Å²) in [6, 6.07) is 15.1. The van der Waals surface area contributed by atoms with Gasteiger partial charge in [-0.05, 0) is 93.5 Å². The monoisotopic (exact) mass is 520 g/mol. The van der Waals surface area contributed by atoms with E-state index in [1.54, 1.807) is 42.9 Å². The van der Waals surface area contributed by atoms with Crippen molar-refractivity contribution in [3.8, 4) is 5.69 Å². The second kappa shape index (κ2) is 8.62. The number of hydrogen-bond acceptors (Lipinski definition) is 4. The number of nitrogens with one attached hydrogen (secondary N) is 2. The number of para-hydroxylation sites is 1. The largest absolute Gasteiger partial charge is 0.347 e. The van der Waals surface area contributed by atoms with Gasteiger partial charge in [0.25, 0.3) is 21.5 Å². The number of sulfonamides is 1. The smallest absolute Gasteiger partial charge is 0.296 e. The van der Waals surface area contributed by atoms with Gasteiger partial charge in [-0.2, -0.15) is 0 Å². The fraction of sp³-hybridized carbons (Fsp3) is 0.429. The quantitative estimate of drug-likeness (QED) is 0.513. The zero-order valence-electron chi connectivity index (χ0n) is 21.1. The first-order chi connectivity index (χ1) is 17.6. The van der Waals surface area contributed by atoms with Crippen LogP contribution < -0.4 is 15.6 Å². The number of nitrogens with zero attached hydrogens (tertiary/aromatic N) is 2. The summed E-state index contributed by atoms with van der Waals surface area (Å²) in [4.78, 5) is 26.4. The molecule has 194 valence electrons. The lowest BCUT2D eigenvalue weighted by Crippen LogP contribution is -2.59. The molecule has 0 atom stereocenters. The Balaban J connectivity index is 1.26. The minimum atomic E-state index is -4.11. The van der Waals surface area contributed by atoms with Crippen molar-refractivity contribution in [1.29, 1.82) is 0 Å². The van der Waals surface area contributed by atoms with Crippen molar-refractivity contribution in [3.63, 3.8) is 0 Å². The molecule has 2 aromatic carbocycles. The molecule has 1 aromatic heterocycles. The van der Waals surface area contributed by atoms with Crippen molar-refractivity contribution in [3.05, 3.63) is 76.2 Å². The van der Waals surface area contributed by atoms with Crippen LogP contribution in [0.3, 0.4) is 0 Å². The molecule has 8 nitrogen and oxygen atoms in total. The zero-order chi connectivity index (χ0) is 25.9. The van der Waals surface area contributed by atoms with Gasteiger partial charge in [0.05, 0.1) is 16.3 Å². The van der Waals surface area contributed by atoms with Gasteiger partial charge in [-0.3, -0.25) is 19.0 Å². The summed E-state index contributed by atoms with van der Waals surface area (Å²) in [5.41, 5.74) is 0.772. The van der Waals surface area contributed by atoms with E-state index in [-0.39, 0.29) is 22.0 Å². The normalized spacial score (nSPS) is 26.3. The van der Waals surface area contributed by atoms with Crippen molar-refractivity contribution in [2.45, 2.75) is 55.9 Å². The van der Waals surface area contributed by atoms with Crippen LogP contribution in [0.1, 0.15) is 54.6 Å². The van der Waals surface area contributed by atoms with Crippen molar-refractivity contribution in [2.24, 2.45) is 24.8 Å². The summed E-state index contributed by atoms with van der Waals surface area (Å²) in [6.45, 7) is 1.69. The van der Waals surface area contributed by atoms with Gasteiger partial charge >= 0.3 is 0 Å². The molecule has 4 aliphatic carbocycles. The molecule has 7 rings (SSSR count). The van der Waals surface area contributed by atoms with Crippen LogP contribution in [-0.2, 0) is 17.1 Å². The highest BCUT2D eigenvalue weighted by atomic mass is 32.2. The number of aromatic nitrogens is 2. The van der Waals surface area contributed by atoms with Crippen LogP contribution in [0, 0.1) is 24.7 Å². The molecule has 4 aliphatic rings. The summed E-state index contributed by atoms with van der Waals surface area (Å²) < 4.78 is 32.2. The molecule has 1 heterocycles. The summed E-state index contributed by atoms with van der Waals surface area (Å²) in [6.07, 6.45) is 6.89. The molecule has 0 unspecified atom stereocenters. The molecule has 9 heteroatoms. The second-order valence-corrected chi connectivity index (χ2v) is 12.9. The fourth-order valence-corrected chi connectivity index (χ4v) is 8.42. The number of hydrogen-bond donors (Lipinski definition) is 2. The first-order valence-electron chi connectivity index (χ1n) is 12.9. The molecule has 1 amide bonds. The Hall–Kier alpha value is -3.33. The zero-order valence-corrected chi connectivity index (χ0v) is 21.9. The average molecular weight is 521 g/mol. The SMILES string of the molecule is Cc1c(NS(=O)(=O)c2cccc(C(=O)NC34CC5CC(CC(C5)C3)C4)c2)c(=O)n(-c2ccccc2)n1C. The molecule has 0 radical (unpaired) electrons. The third-order valence-electron chi connectivity index (χ3n) is 8.61. The predicted molar refractivity (Wildman–Crippen MR) is 141 cm³/mol. The van der Waals surface area contributed by atoms with Gasteiger partial charge < -0.3 is 5.32 Å². The number of carbonyl (C=O) groups excluding carboxylic acids is 1. The third-order valence-corrected chi connectivity index (χ3v) is 9.96. The van der Waals surface area contributed by atoms with Crippen LogP contribution >= 0.6 is 0 Å². The summed E-state index contributed by atoms with van der Waals surface area (Å²) >= 11 is 0. The highest BCUT2D eigenvalue weighted by Gasteiger charge is 2.51. The van der Waals surface area contributed by atoms with E-state index in [4.69, 9.17) is 0 Å². The molecule has 0 spiro atoms. The average Bonchev–Trinajstić information content (AvgIpc) is 3.06. The molecular formula is C28H32N4O4S. The number of rotatable bonds is 6. The maximum absolute atomic E-state index is 13.3. The maximum Gasteiger partial charge on any atom is 0.296 e. The molecule has 2 N–H and O–H groups in total. The predicted octanol–water partition coefficient (Wildman–Crippen LogP) is 3.98. The fourth-order valence-electron chi connectivity index (χ4n) is 7.26. The number of carbonyl (C=O) groups is 1. The van der Waals surface area contributed by atoms with Crippen LogP contribution in [0.5, 0.6) is 0 Å². The maximum atomic E-state index is 13.3. The molecule has 0 saturated heterocycles. The first kappa shape index (κ1) is 24.0. The van der Waals surface area contributed by atoms with Crippen molar-refractivity contribution in [1.82, 2.24) is 14.7 Å². The summed E-state index contributed by atoms with van der Waals surface area (Å²) in [5.74, 6) is 1.84. The van der Waals surface area contributed by atoms with E-state index >= 15 is 0 Å². The standard InChI is InChI=1S/C28H32N4O4S/c1-18-25(27(34)32(31(18)2)23-8-4-3-5-9-23)30-37(35,36)24-10-6-7-22(14-24)26(33)29-28-15-19-11-20(16-28)13-21(12-19)17-28/h3-10,14,19-21,30H,11-13,15-17H2,1-2H3,(H,29,33). The Morgan fingerprint density at radius 1 is 0.946 bits per heavy atom. The molecule has 37 heavy (non-hydrogen) atoms. The van der Waals surface area contributed by atoms with E-state index in [2.05, 4.69) is 10.0 Å². The van der Waals surface area contributed by atoms with Crippen LogP contribution in [0.15, 0.2) is 64.3 Å². The van der Waals surface area contributed by atoms with Gasteiger partial charge in [0.1, 0.15) is 5.69 Å². The molecule has 4 bridgehead atoms. The first-order valence-corrected chi connectivity index (χ1v) is 14.4. The van der Waals surface area contributed by atoms with Crippen LogP contribution in [0.2, 0.25) is 0 Å². The third kappa shape index (κ3) is 4.19. The number of benzene rings is 2. The van der Waals surface area contributed by atoms with Gasteiger partial charge in [0, 0.05) is 18.2 Å². The Morgan fingerprint density at radius 3 is 2.19 bits per heavy atom. The molecule has 4 saturated carbocycles. The molecular weight excluding hydrogens is 488 g/mol. The van der Waals surface area contributed by atoms with E-state index in [9.17, 15) is 18.0 Å². The molecule has 4 fully saturated rings. The minimum absolute atomic E-state index is 0.0187. The second-order valence-electron chi connectivity index (χ2n) is 11.2. The van der Waals surface area contributed by atoms with Crippen molar-refractivity contribution >= 4 is 21.6 Å². The Labute approximate surface area is 216 Å². The van der Waals surface area contributed by atoms with E-state index in [1.165, 1.54) is 36.1 Å². The van der Waals surface area contributed by atoms with E-state index in [1.807, 2.05) is 18.2 Å². The number of anilines is 1. The Kier molecular flexibility index (Phi) is 5.60. The summed E-state index contributed by atoms with van der Waals surface area (Å²) in [7, 11) is -2.40. The van der Waals surface area contributed by atoms with Gasteiger partial charge in [0.2, 0.25) is 0 Å². The molecule has 3 aromatic rings. The lowest BCUT2D eigenvalue weighted by Gasteiger charge is -2.56. The lowest BCUT2D eigenvalue weighted by molar-refractivity contribution is -0.0167. The van der Waals surface area contributed by atoms with Gasteiger partial charge in [-0.25, -0.2) is 13.1 Å². The highest BCUT2D eigenvalue weighted by Crippen LogP contribution is 2.55. The van der Waals surface area contributed by atoms with Crippen molar-refractivity contribution in [2.75, 3.05) is 4.72 Å². The van der Waals surface area contributed by atoms with E-state index in [0.717, 1.165) is 19.3 Å². The Morgan fingerprint density at radius 2 is 1.57 bits per heavy atom. The van der Waals surface area contributed by atoms with Crippen molar-refractivity contribution < 1.29 is 13.2 Å². The number of amides is 1. The van der Waals surface area contributed by atoms with Crippen LogP contribution in [-0.4, -0.2) is 29.2 Å². The van der Waals surface area contributed by atoms with E-state index < -0.39 is 15.6 Å². The summed E-state index contributed by atoms with van der Waals surface area (Å²) in [5, 5.41) is 3.31. The van der Waals surface area contributed by atoms with Crippen LogP contribution in [0.4, 0.5) is 5.69 Å². The minimum Gasteiger partial charge on any atom is -0.347 e. The van der Waals surface area contributed by atoms with Crippen LogP contribution in [0.25, 0.3) is 5.69 Å². The van der Waals surface area contributed by atoms with Gasteiger partial charge in [0.15, 0.2) is 0 Å². The Bertz CT molecular complexity index is 1500. The van der Waals surface area contributed by atoms with Gasteiger partial charge in [-0.15, -0.1) is 0 Å². The lowest BCUT2D eigenvalue weighted by atomic mass is 9.53. The van der Waals surface area contributed by atoms with E-state index in [0.29, 0.717) is 34.7 Å². The molecule has 0 aliphatic heterocycles.